The number of rotatable bonds is 0. The molecule has 1 spiro atoms. The van der Waals surface area contributed by atoms with Crippen molar-refractivity contribution in [2.75, 3.05) is 20.1 Å². The van der Waals surface area contributed by atoms with Crippen LogP contribution in [0.25, 0.3) is 0 Å². The van der Waals surface area contributed by atoms with Gasteiger partial charge in [0.1, 0.15) is 5.75 Å². The van der Waals surface area contributed by atoms with Crippen molar-refractivity contribution < 1.29 is 4.74 Å². The van der Waals surface area contributed by atoms with E-state index in [9.17, 15) is 0 Å². The van der Waals surface area contributed by atoms with Gasteiger partial charge < -0.3 is 9.64 Å². The van der Waals surface area contributed by atoms with Crippen molar-refractivity contribution in [1.82, 2.24) is 9.91 Å². The maximum Gasteiger partial charge on any atom is 0.200 e. The van der Waals surface area contributed by atoms with Crippen LogP contribution in [0.3, 0.4) is 0 Å². The highest BCUT2D eigenvalue weighted by Crippen LogP contribution is 2.54. The van der Waals surface area contributed by atoms with Crippen LogP contribution in [-0.2, 0) is 6.42 Å². The van der Waals surface area contributed by atoms with Crippen molar-refractivity contribution in [1.29, 1.82) is 0 Å². The summed E-state index contributed by atoms with van der Waals surface area (Å²) in [5.74, 6) is 1.53. The number of hydrogen-bond donors (Lipinski definition) is 0. The van der Waals surface area contributed by atoms with E-state index in [1.165, 1.54) is 28.8 Å². The van der Waals surface area contributed by atoms with Gasteiger partial charge in [-0.25, -0.2) is 5.01 Å². The quantitative estimate of drug-likeness (QED) is 0.716. The Morgan fingerprint density at radius 1 is 1.04 bits per heavy atom. The van der Waals surface area contributed by atoms with Crippen LogP contribution in [0.2, 0.25) is 0 Å². The number of aryl methyl sites for hydroxylation is 1. The second kappa shape index (κ2) is 5.59. The SMILES string of the molecule is CN1CCC2(CC1)Oc1ccccc1[C@H]1[C@@H]3CCc4ccccc4C3=NN12. The standard InChI is InChI=1S/C23H25N3O/c1-25-14-12-23(13-15-25)26-22(18-8-4-5-9-20(18)27-23)19-11-10-16-6-2-3-7-17(16)21(19)24-26/h2-9,19,22H,10-15H2,1H3/t19-,22+/m1/s1. The molecule has 4 heteroatoms. The Morgan fingerprint density at radius 3 is 2.70 bits per heavy atom. The van der Waals surface area contributed by atoms with Gasteiger partial charge in [0.2, 0.25) is 5.72 Å². The predicted octanol–water partition coefficient (Wildman–Crippen LogP) is 3.82. The molecule has 3 aliphatic heterocycles. The Hall–Kier alpha value is -2.33. The molecule has 1 saturated heterocycles. The molecule has 0 unspecified atom stereocenters. The highest BCUT2D eigenvalue weighted by molar-refractivity contribution is 6.05. The molecule has 1 aliphatic carbocycles. The number of nitrogens with zero attached hydrogens (tertiary/aromatic N) is 3. The van der Waals surface area contributed by atoms with Crippen LogP contribution in [0, 0.1) is 5.92 Å². The van der Waals surface area contributed by atoms with Gasteiger partial charge in [-0.15, -0.1) is 0 Å². The minimum atomic E-state index is -0.301. The van der Waals surface area contributed by atoms with Crippen molar-refractivity contribution >= 4 is 5.71 Å². The molecule has 1 fully saturated rings. The Balaban J connectivity index is 1.51. The molecule has 3 heterocycles. The second-order valence-corrected chi connectivity index (χ2v) is 8.47. The average Bonchev–Trinajstić information content (AvgIpc) is 3.12. The highest BCUT2D eigenvalue weighted by Gasteiger charge is 2.55. The van der Waals surface area contributed by atoms with Gasteiger partial charge in [-0.1, -0.05) is 42.5 Å². The molecule has 2 aromatic carbocycles. The van der Waals surface area contributed by atoms with Gasteiger partial charge in [-0.05, 0) is 31.5 Å². The molecule has 0 saturated carbocycles. The lowest BCUT2D eigenvalue weighted by molar-refractivity contribution is -0.153. The van der Waals surface area contributed by atoms with Crippen molar-refractivity contribution in [3.05, 3.63) is 65.2 Å². The van der Waals surface area contributed by atoms with Crippen LogP contribution in [0.4, 0.5) is 0 Å². The van der Waals surface area contributed by atoms with Gasteiger partial charge in [0, 0.05) is 43.0 Å². The van der Waals surface area contributed by atoms with Crippen molar-refractivity contribution in [2.24, 2.45) is 11.0 Å². The first-order chi connectivity index (χ1) is 13.3. The van der Waals surface area contributed by atoms with E-state index in [-0.39, 0.29) is 5.72 Å². The number of likely N-dealkylation sites (tertiary alicyclic amines) is 1. The first kappa shape index (κ1) is 15.7. The lowest BCUT2D eigenvalue weighted by atomic mass is 9.76. The first-order valence-corrected chi connectivity index (χ1v) is 10.2. The smallest absolute Gasteiger partial charge is 0.200 e. The Kier molecular flexibility index (Phi) is 3.25. The van der Waals surface area contributed by atoms with Crippen LogP contribution < -0.4 is 4.74 Å². The molecule has 0 amide bonds. The molecule has 27 heavy (non-hydrogen) atoms. The fraction of sp³-hybridized carbons (Fsp3) is 0.435. The number of fused-ring (bicyclic) bond motifs is 8. The molecular weight excluding hydrogens is 334 g/mol. The largest absolute Gasteiger partial charge is 0.466 e. The minimum absolute atomic E-state index is 0.301. The van der Waals surface area contributed by atoms with E-state index in [1.54, 1.807) is 0 Å². The van der Waals surface area contributed by atoms with Gasteiger partial charge in [-0.3, -0.25) is 0 Å². The number of ether oxygens (including phenoxy) is 1. The average molecular weight is 359 g/mol. The summed E-state index contributed by atoms with van der Waals surface area (Å²) in [6, 6.07) is 17.8. The molecule has 0 bridgehead atoms. The fourth-order valence-electron chi connectivity index (χ4n) is 5.48. The van der Waals surface area contributed by atoms with Crippen LogP contribution in [-0.4, -0.2) is 41.5 Å². The van der Waals surface area contributed by atoms with Crippen LogP contribution in [0.1, 0.15) is 42.0 Å². The molecule has 0 radical (unpaired) electrons. The van der Waals surface area contributed by atoms with Gasteiger partial charge in [0.25, 0.3) is 0 Å². The fourth-order valence-corrected chi connectivity index (χ4v) is 5.48. The number of hydrogen-bond acceptors (Lipinski definition) is 4. The molecule has 0 N–H and O–H groups in total. The van der Waals surface area contributed by atoms with E-state index >= 15 is 0 Å². The predicted molar refractivity (Wildman–Crippen MR) is 106 cm³/mol. The third kappa shape index (κ3) is 2.16. The summed E-state index contributed by atoms with van der Waals surface area (Å²) >= 11 is 0. The Labute approximate surface area is 160 Å². The van der Waals surface area contributed by atoms with Gasteiger partial charge in [0.05, 0.1) is 11.8 Å². The van der Waals surface area contributed by atoms with Gasteiger partial charge in [-0.2, -0.15) is 5.10 Å². The second-order valence-electron chi connectivity index (χ2n) is 8.47. The Bertz CT molecular complexity index is 929. The summed E-state index contributed by atoms with van der Waals surface area (Å²) in [6.07, 6.45) is 4.31. The molecule has 2 aromatic rings. The zero-order valence-electron chi connectivity index (χ0n) is 15.8. The van der Waals surface area contributed by atoms with E-state index in [4.69, 9.17) is 9.84 Å². The normalized spacial score (nSPS) is 27.9. The summed E-state index contributed by atoms with van der Waals surface area (Å²) in [5.41, 5.74) is 5.08. The van der Waals surface area contributed by atoms with Crippen molar-refractivity contribution in [3.8, 4) is 5.75 Å². The molecular formula is C23H25N3O. The number of para-hydroxylation sites is 1. The topological polar surface area (TPSA) is 28.1 Å². The maximum absolute atomic E-state index is 6.71. The summed E-state index contributed by atoms with van der Waals surface area (Å²) in [7, 11) is 2.20. The van der Waals surface area contributed by atoms with Gasteiger partial charge >= 0.3 is 0 Å². The molecule has 6 rings (SSSR count). The zero-order valence-corrected chi connectivity index (χ0v) is 15.8. The van der Waals surface area contributed by atoms with E-state index in [0.717, 1.165) is 38.1 Å². The lowest BCUT2D eigenvalue weighted by Crippen LogP contribution is -2.59. The summed E-state index contributed by atoms with van der Waals surface area (Å²) in [4.78, 5) is 2.40. The summed E-state index contributed by atoms with van der Waals surface area (Å²) in [6.45, 7) is 2.11. The summed E-state index contributed by atoms with van der Waals surface area (Å²) < 4.78 is 6.71. The zero-order chi connectivity index (χ0) is 18.0. The number of hydrazone groups is 1. The van der Waals surface area contributed by atoms with E-state index in [2.05, 4.69) is 65.5 Å². The molecule has 4 nitrogen and oxygen atoms in total. The van der Waals surface area contributed by atoms with Crippen LogP contribution >= 0.6 is 0 Å². The van der Waals surface area contributed by atoms with E-state index in [0.29, 0.717) is 12.0 Å². The molecule has 4 aliphatic rings. The van der Waals surface area contributed by atoms with Crippen molar-refractivity contribution in [3.63, 3.8) is 0 Å². The molecule has 2 atom stereocenters. The molecule has 0 aromatic heterocycles. The third-order valence-corrected chi connectivity index (χ3v) is 6.95. The van der Waals surface area contributed by atoms with E-state index in [1.807, 2.05) is 0 Å². The van der Waals surface area contributed by atoms with Crippen LogP contribution in [0.5, 0.6) is 5.75 Å². The van der Waals surface area contributed by atoms with Crippen molar-refractivity contribution in [2.45, 2.75) is 37.5 Å². The minimum Gasteiger partial charge on any atom is -0.466 e. The third-order valence-electron chi connectivity index (χ3n) is 6.95. The number of piperidine rings is 1. The summed E-state index contributed by atoms with van der Waals surface area (Å²) in [5, 5.41) is 7.65. The Morgan fingerprint density at radius 2 is 1.81 bits per heavy atom. The van der Waals surface area contributed by atoms with Gasteiger partial charge in [0.15, 0.2) is 0 Å². The lowest BCUT2D eigenvalue weighted by Gasteiger charge is -2.51. The van der Waals surface area contributed by atoms with E-state index < -0.39 is 0 Å². The monoisotopic (exact) mass is 359 g/mol. The first-order valence-electron chi connectivity index (χ1n) is 10.2. The maximum atomic E-state index is 6.71. The van der Waals surface area contributed by atoms with Crippen LogP contribution in [0.15, 0.2) is 53.6 Å². The molecule has 138 valence electrons. The number of benzene rings is 2. The highest BCUT2D eigenvalue weighted by atomic mass is 16.5.